The zero-order valence-electron chi connectivity index (χ0n) is 12.2. The number of hydrogen-bond acceptors (Lipinski definition) is 3. The molecule has 0 aromatic heterocycles. The second-order valence-corrected chi connectivity index (χ2v) is 6.90. The van der Waals surface area contributed by atoms with E-state index >= 15 is 0 Å². The molecular weight excluding hydrogens is 235 g/mol. The van der Waals surface area contributed by atoms with Crippen LogP contribution in [0.1, 0.15) is 41.5 Å². The summed E-state index contributed by atoms with van der Waals surface area (Å²) in [5.74, 6) is 0. The van der Waals surface area contributed by atoms with E-state index in [1.165, 1.54) is 4.90 Å². The first-order chi connectivity index (χ1) is 7.98. The Hall–Kier alpha value is -0.840. The van der Waals surface area contributed by atoms with Crippen molar-refractivity contribution in [3.8, 4) is 0 Å². The van der Waals surface area contributed by atoms with Crippen LogP contribution in [-0.2, 0) is 4.74 Å². The zero-order valence-corrected chi connectivity index (χ0v) is 12.2. The first kappa shape index (κ1) is 15.2. The Kier molecular flexibility index (Phi) is 4.26. The van der Waals surface area contributed by atoms with Crippen molar-refractivity contribution >= 4 is 6.09 Å². The van der Waals surface area contributed by atoms with E-state index in [1.807, 2.05) is 20.8 Å². The van der Waals surface area contributed by atoms with Crippen molar-refractivity contribution in [3.63, 3.8) is 0 Å². The number of ether oxygens (including phenoxy) is 1. The molecule has 1 fully saturated rings. The molecule has 0 aromatic rings. The Labute approximate surface area is 109 Å². The molecule has 0 aromatic carbocycles. The van der Waals surface area contributed by atoms with E-state index in [0.717, 1.165) is 0 Å². The first-order valence-corrected chi connectivity index (χ1v) is 6.38. The summed E-state index contributed by atoms with van der Waals surface area (Å²) < 4.78 is 19.1. The Morgan fingerprint density at radius 3 is 2.22 bits per heavy atom. The van der Waals surface area contributed by atoms with Gasteiger partial charge in [-0.25, -0.2) is 9.18 Å². The summed E-state index contributed by atoms with van der Waals surface area (Å²) in [4.78, 5) is 13.3. The highest BCUT2D eigenvalue weighted by Crippen LogP contribution is 2.19. The summed E-state index contributed by atoms with van der Waals surface area (Å²) in [7, 11) is 0. The van der Waals surface area contributed by atoms with Crippen LogP contribution >= 0.6 is 0 Å². The van der Waals surface area contributed by atoms with Crippen molar-refractivity contribution in [2.75, 3.05) is 13.1 Å². The fourth-order valence-electron chi connectivity index (χ4n) is 1.93. The third kappa shape index (κ3) is 4.80. The van der Waals surface area contributed by atoms with Gasteiger partial charge in [-0.15, -0.1) is 0 Å². The average Bonchev–Trinajstić information content (AvgIpc) is 2.42. The molecule has 0 bridgehead atoms. The molecule has 0 saturated carbocycles. The molecule has 4 nitrogen and oxygen atoms in total. The highest BCUT2D eigenvalue weighted by Gasteiger charge is 2.38. The van der Waals surface area contributed by atoms with Crippen LogP contribution in [0.25, 0.3) is 0 Å². The number of amides is 1. The van der Waals surface area contributed by atoms with Crippen LogP contribution in [0.5, 0.6) is 0 Å². The number of rotatable bonds is 1. The second-order valence-electron chi connectivity index (χ2n) is 6.90. The van der Waals surface area contributed by atoms with Crippen LogP contribution in [0.2, 0.25) is 0 Å². The maximum Gasteiger partial charge on any atom is 0.410 e. The van der Waals surface area contributed by atoms with Crippen molar-refractivity contribution in [1.29, 1.82) is 0 Å². The predicted molar refractivity (Wildman–Crippen MR) is 69.4 cm³/mol. The number of nitrogens with one attached hydrogen (secondary N) is 1. The molecule has 0 unspecified atom stereocenters. The third-order valence-electron chi connectivity index (χ3n) is 2.52. The molecule has 1 aliphatic rings. The molecule has 0 spiro atoms. The van der Waals surface area contributed by atoms with E-state index in [1.54, 1.807) is 20.8 Å². The van der Waals surface area contributed by atoms with Gasteiger partial charge in [0.1, 0.15) is 11.8 Å². The molecule has 1 aliphatic heterocycles. The predicted octanol–water partition coefficient (Wildman–Crippen LogP) is 2.33. The van der Waals surface area contributed by atoms with Gasteiger partial charge in [0.05, 0.1) is 12.6 Å². The van der Waals surface area contributed by atoms with Gasteiger partial charge < -0.3 is 15.0 Å². The molecule has 1 saturated heterocycles. The van der Waals surface area contributed by atoms with Gasteiger partial charge in [0.25, 0.3) is 0 Å². The lowest BCUT2D eigenvalue weighted by Crippen LogP contribution is -2.48. The number of carbonyl (C=O) groups is 1. The summed E-state index contributed by atoms with van der Waals surface area (Å²) >= 11 is 0. The molecule has 0 radical (unpaired) electrons. The maximum atomic E-state index is 13.8. The highest BCUT2D eigenvalue weighted by molar-refractivity contribution is 5.68. The number of halogens is 1. The number of nitrogens with zero attached hydrogens (tertiary/aromatic N) is 1. The van der Waals surface area contributed by atoms with E-state index in [0.29, 0.717) is 6.54 Å². The van der Waals surface area contributed by atoms with Gasteiger partial charge in [-0.2, -0.15) is 0 Å². The van der Waals surface area contributed by atoms with Crippen molar-refractivity contribution in [3.05, 3.63) is 0 Å². The molecule has 2 atom stereocenters. The second kappa shape index (κ2) is 5.03. The van der Waals surface area contributed by atoms with Crippen LogP contribution in [0.4, 0.5) is 9.18 Å². The van der Waals surface area contributed by atoms with Crippen LogP contribution in [0, 0.1) is 0 Å². The Balaban J connectivity index is 2.56. The van der Waals surface area contributed by atoms with Gasteiger partial charge >= 0.3 is 6.09 Å². The summed E-state index contributed by atoms with van der Waals surface area (Å²) in [5, 5.41) is 3.19. The lowest BCUT2D eigenvalue weighted by atomic mass is 10.1. The Bertz CT molecular complexity index is 307. The van der Waals surface area contributed by atoms with Crippen LogP contribution in [0.15, 0.2) is 0 Å². The molecule has 0 aliphatic carbocycles. The number of hydrogen-bond donors (Lipinski definition) is 1. The van der Waals surface area contributed by atoms with Gasteiger partial charge in [-0.1, -0.05) is 0 Å². The third-order valence-corrected chi connectivity index (χ3v) is 2.52. The molecule has 1 rings (SSSR count). The minimum absolute atomic E-state index is 0.0999. The van der Waals surface area contributed by atoms with Crippen molar-refractivity contribution in [1.82, 2.24) is 10.2 Å². The minimum atomic E-state index is -1.04. The Morgan fingerprint density at radius 1 is 1.22 bits per heavy atom. The zero-order chi connectivity index (χ0) is 14.1. The van der Waals surface area contributed by atoms with E-state index in [9.17, 15) is 9.18 Å². The normalized spacial score (nSPS) is 25.4. The topological polar surface area (TPSA) is 41.6 Å². The van der Waals surface area contributed by atoms with E-state index in [-0.39, 0.29) is 18.1 Å². The maximum absolute atomic E-state index is 13.8. The number of carbonyl (C=O) groups excluding carboxylic acids is 1. The van der Waals surface area contributed by atoms with Crippen molar-refractivity contribution < 1.29 is 13.9 Å². The van der Waals surface area contributed by atoms with Gasteiger partial charge in [0, 0.05) is 12.1 Å². The average molecular weight is 260 g/mol. The number of alkyl halides is 1. The first-order valence-electron chi connectivity index (χ1n) is 6.38. The molecule has 1 N–H and O–H groups in total. The van der Waals surface area contributed by atoms with Gasteiger partial charge in [0.15, 0.2) is 0 Å². The Morgan fingerprint density at radius 2 is 1.78 bits per heavy atom. The lowest BCUT2D eigenvalue weighted by Gasteiger charge is -2.27. The van der Waals surface area contributed by atoms with Crippen LogP contribution < -0.4 is 5.32 Å². The molecular formula is C13H25FN2O2. The monoisotopic (exact) mass is 260 g/mol. The fraction of sp³-hybridized carbons (Fsp3) is 0.923. The van der Waals surface area contributed by atoms with Gasteiger partial charge in [0.2, 0.25) is 0 Å². The molecule has 106 valence electrons. The fourth-order valence-corrected chi connectivity index (χ4v) is 1.93. The van der Waals surface area contributed by atoms with E-state index in [4.69, 9.17) is 4.74 Å². The van der Waals surface area contributed by atoms with Crippen molar-refractivity contribution in [2.45, 2.75) is 64.9 Å². The van der Waals surface area contributed by atoms with Gasteiger partial charge in [-0.05, 0) is 41.5 Å². The summed E-state index contributed by atoms with van der Waals surface area (Å²) in [5.41, 5.74) is -0.711. The molecule has 18 heavy (non-hydrogen) atoms. The van der Waals surface area contributed by atoms with Crippen molar-refractivity contribution in [2.24, 2.45) is 0 Å². The number of likely N-dealkylation sites (tertiary alicyclic amines) is 1. The van der Waals surface area contributed by atoms with Crippen LogP contribution in [0.3, 0.4) is 0 Å². The lowest BCUT2D eigenvalue weighted by molar-refractivity contribution is 0.0281. The largest absolute Gasteiger partial charge is 0.444 e. The summed E-state index contributed by atoms with van der Waals surface area (Å²) in [6.45, 7) is 11.8. The standard InChI is InChI=1S/C13H25FN2O2/c1-12(2,3)15-10-8-16(7-9(10)14)11(17)18-13(4,5)6/h9-10,15H,7-8H2,1-6H3/t9-,10+/m1/s1. The SMILES string of the molecule is CC(C)(C)N[C@H]1CN(C(=O)OC(C)(C)C)C[C@H]1F. The van der Waals surface area contributed by atoms with E-state index < -0.39 is 17.9 Å². The van der Waals surface area contributed by atoms with Crippen LogP contribution in [-0.4, -0.2) is 47.4 Å². The molecule has 5 heteroatoms. The smallest absolute Gasteiger partial charge is 0.410 e. The molecule has 1 heterocycles. The minimum Gasteiger partial charge on any atom is -0.444 e. The summed E-state index contributed by atoms with van der Waals surface area (Å²) in [6, 6.07) is -0.322. The molecule has 1 amide bonds. The van der Waals surface area contributed by atoms with Gasteiger partial charge in [-0.3, -0.25) is 0 Å². The summed E-state index contributed by atoms with van der Waals surface area (Å²) in [6.07, 6.45) is -1.49. The van der Waals surface area contributed by atoms with E-state index in [2.05, 4.69) is 5.32 Å². The quantitative estimate of drug-likeness (QED) is 0.786. The highest BCUT2D eigenvalue weighted by atomic mass is 19.1.